The molecule has 1 fully saturated rings. The van der Waals surface area contributed by atoms with Gasteiger partial charge in [-0.25, -0.2) is 4.79 Å². The first-order valence-electron chi connectivity index (χ1n) is 7.42. The van der Waals surface area contributed by atoms with Crippen molar-refractivity contribution in [1.29, 1.82) is 0 Å². The standard InChI is InChI=1S/C14H26N4O2S/c1-5-21-14(20)16-12(17(2)3)18(4)13(19)15-11-9-7-6-8-10-11/h11H,5-10H2,1-4H3,(H,15,19). The largest absolute Gasteiger partial charge is 0.348 e. The molecule has 0 radical (unpaired) electrons. The molecule has 0 aromatic heterocycles. The summed E-state index contributed by atoms with van der Waals surface area (Å²) in [6.07, 6.45) is 5.62. The van der Waals surface area contributed by atoms with Crippen LogP contribution in [0.5, 0.6) is 0 Å². The molecule has 0 spiro atoms. The second-order valence-electron chi connectivity index (χ2n) is 5.35. The van der Waals surface area contributed by atoms with E-state index >= 15 is 0 Å². The first-order chi connectivity index (χ1) is 9.95. The molecule has 21 heavy (non-hydrogen) atoms. The predicted molar refractivity (Wildman–Crippen MR) is 87.8 cm³/mol. The zero-order valence-corrected chi connectivity index (χ0v) is 14.2. The highest BCUT2D eigenvalue weighted by Crippen LogP contribution is 2.17. The highest BCUT2D eigenvalue weighted by molar-refractivity contribution is 8.13. The van der Waals surface area contributed by atoms with E-state index in [4.69, 9.17) is 0 Å². The Morgan fingerprint density at radius 3 is 2.33 bits per heavy atom. The van der Waals surface area contributed by atoms with Crippen LogP contribution in [0.15, 0.2) is 4.99 Å². The number of hydrogen-bond acceptors (Lipinski definition) is 3. The molecular formula is C14H26N4O2S. The maximum atomic E-state index is 12.3. The molecule has 1 saturated carbocycles. The molecule has 0 bridgehead atoms. The summed E-state index contributed by atoms with van der Waals surface area (Å²) >= 11 is 1.13. The molecule has 1 N–H and O–H groups in total. The number of carbonyl (C=O) groups excluding carboxylic acids is 2. The van der Waals surface area contributed by atoms with Crippen LogP contribution in [0, 0.1) is 0 Å². The number of thioether (sulfide) groups is 1. The molecule has 1 rings (SSSR count). The van der Waals surface area contributed by atoms with Crippen LogP contribution in [0.2, 0.25) is 0 Å². The van der Waals surface area contributed by atoms with Gasteiger partial charge in [-0.1, -0.05) is 37.9 Å². The van der Waals surface area contributed by atoms with Crippen molar-refractivity contribution < 1.29 is 9.59 Å². The van der Waals surface area contributed by atoms with Crippen LogP contribution in [0.25, 0.3) is 0 Å². The Hall–Kier alpha value is -1.24. The number of aliphatic imine (C=N–C) groups is 1. The minimum atomic E-state index is -0.279. The smallest absolute Gasteiger partial charge is 0.324 e. The SMILES string of the molecule is CCSC(=O)N=C(N(C)C)N(C)C(=O)NC1CCCCC1. The molecule has 120 valence electrons. The van der Waals surface area contributed by atoms with Crippen molar-refractivity contribution in [1.82, 2.24) is 15.1 Å². The third kappa shape index (κ3) is 5.95. The summed E-state index contributed by atoms with van der Waals surface area (Å²) in [6, 6.07) is 0.0291. The fourth-order valence-corrected chi connectivity index (χ4v) is 2.71. The fraction of sp³-hybridized carbons (Fsp3) is 0.786. The monoisotopic (exact) mass is 314 g/mol. The summed E-state index contributed by atoms with van der Waals surface area (Å²) in [5.74, 6) is 1.02. The van der Waals surface area contributed by atoms with E-state index in [1.807, 2.05) is 6.92 Å². The summed E-state index contributed by atoms with van der Waals surface area (Å²) in [5.41, 5.74) is 0. The van der Waals surface area contributed by atoms with Gasteiger partial charge in [0.2, 0.25) is 5.96 Å². The van der Waals surface area contributed by atoms with Gasteiger partial charge in [-0.2, -0.15) is 4.99 Å². The van der Waals surface area contributed by atoms with Crippen LogP contribution in [0.3, 0.4) is 0 Å². The third-order valence-electron chi connectivity index (χ3n) is 3.40. The Morgan fingerprint density at radius 2 is 1.81 bits per heavy atom. The van der Waals surface area contributed by atoms with Crippen LogP contribution < -0.4 is 5.32 Å². The second kappa shape index (κ2) is 8.92. The van der Waals surface area contributed by atoms with E-state index in [2.05, 4.69) is 10.3 Å². The topological polar surface area (TPSA) is 65.0 Å². The van der Waals surface area contributed by atoms with Crippen LogP contribution in [0.1, 0.15) is 39.0 Å². The zero-order valence-electron chi connectivity index (χ0n) is 13.4. The molecule has 1 aliphatic carbocycles. The van der Waals surface area contributed by atoms with E-state index < -0.39 is 0 Å². The van der Waals surface area contributed by atoms with Crippen molar-refractivity contribution in [2.45, 2.75) is 45.1 Å². The molecule has 6 nitrogen and oxygen atoms in total. The van der Waals surface area contributed by atoms with Gasteiger partial charge in [-0.15, -0.1) is 0 Å². The van der Waals surface area contributed by atoms with Crippen LogP contribution in [-0.2, 0) is 0 Å². The summed E-state index contributed by atoms with van der Waals surface area (Å²) in [6.45, 7) is 1.90. The lowest BCUT2D eigenvalue weighted by molar-refractivity contribution is 0.215. The Bertz CT molecular complexity index is 392. The van der Waals surface area contributed by atoms with Gasteiger partial charge in [-0.3, -0.25) is 9.69 Å². The summed E-state index contributed by atoms with van der Waals surface area (Å²) in [7, 11) is 5.18. The molecule has 0 aromatic carbocycles. The first-order valence-corrected chi connectivity index (χ1v) is 8.41. The third-order valence-corrected chi connectivity index (χ3v) is 4.02. The lowest BCUT2D eigenvalue weighted by Gasteiger charge is -2.28. The van der Waals surface area contributed by atoms with Gasteiger partial charge in [0.05, 0.1) is 0 Å². The van der Waals surface area contributed by atoms with Crippen molar-refractivity contribution in [3.8, 4) is 0 Å². The molecule has 0 aliphatic heterocycles. The first kappa shape index (κ1) is 17.8. The number of carbonyl (C=O) groups is 2. The minimum Gasteiger partial charge on any atom is -0.348 e. The molecule has 0 heterocycles. The molecule has 0 saturated heterocycles. The number of nitrogens with one attached hydrogen (secondary N) is 1. The van der Waals surface area contributed by atoms with Gasteiger partial charge in [0.15, 0.2) is 0 Å². The predicted octanol–water partition coefficient (Wildman–Crippen LogP) is 2.75. The van der Waals surface area contributed by atoms with Gasteiger partial charge >= 0.3 is 11.3 Å². The summed E-state index contributed by atoms with van der Waals surface area (Å²) in [5, 5.41) is 2.74. The van der Waals surface area contributed by atoms with Gasteiger partial charge < -0.3 is 10.2 Å². The van der Waals surface area contributed by atoms with Gasteiger partial charge in [0.25, 0.3) is 0 Å². The Morgan fingerprint density at radius 1 is 1.19 bits per heavy atom. The molecule has 0 unspecified atom stereocenters. The summed E-state index contributed by atoms with van der Waals surface area (Å²) in [4.78, 5) is 31.0. The average Bonchev–Trinajstić information content (AvgIpc) is 2.45. The number of nitrogens with zero attached hydrogens (tertiary/aromatic N) is 3. The van der Waals surface area contributed by atoms with Crippen molar-refractivity contribution in [3.63, 3.8) is 0 Å². The highest BCUT2D eigenvalue weighted by Gasteiger charge is 2.22. The number of rotatable bonds is 2. The van der Waals surface area contributed by atoms with Crippen molar-refractivity contribution >= 4 is 29.0 Å². The maximum Gasteiger partial charge on any atom is 0.324 e. The van der Waals surface area contributed by atoms with Crippen molar-refractivity contribution in [2.24, 2.45) is 4.99 Å². The minimum absolute atomic E-state index is 0.205. The van der Waals surface area contributed by atoms with E-state index in [0.717, 1.165) is 37.4 Å². The van der Waals surface area contributed by atoms with Gasteiger partial charge in [-0.05, 0) is 18.6 Å². The molecule has 7 heteroatoms. The Balaban J connectivity index is 2.68. The van der Waals surface area contributed by atoms with Crippen LogP contribution in [-0.4, -0.2) is 60.0 Å². The quantitative estimate of drug-likeness (QED) is 0.629. The highest BCUT2D eigenvalue weighted by atomic mass is 32.2. The Kier molecular flexibility index (Phi) is 7.56. The molecule has 1 aliphatic rings. The van der Waals surface area contributed by atoms with E-state index in [1.54, 1.807) is 26.0 Å². The summed E-state index contributed by atoms with van der Waals surface area (Å²) < 4.78 is 0. The Labute approximate surface area is 131 Å². The maximum absolute atomic E-state index is 12.3. The van der Waals surface area contributed by atoms with Gasteiger partial charge in [0, 0.05) is 27.2 Å². The van der Waals surface area contributed by atoms with E-state index in [9.17, 15) is 9.59 Å². The van der Waals surface area contributed by atoms with E-state index in [0.29, 0.717) is 11.7 Å². The average molecular weight is 314 g/mol. The van der Waals surface area contributed by atoms with Crippen LogP contribution >= 0.6 is 11.8 Å². The van der Waals surface area contributed by atoms with Gasteiger partial charge in [0.1, 0.15) is 0 Å². The van der Waals surface area contributed by atoms with E-state index in [-0.39, 0.29) is 17.3 Å². The molecule has 3 amide bonds. The molecular weight excluding hydrogens is 288 g/mol. The second-order valence-corrected chi connectivity index (χ2v) is 6.56. The molecule has 0 aromatic rings. The normalized spacial score (nSPS) is 16.5. The van der Waals surface area contributed by atoms with Crippen molar-refractivity contribution in [3.05, 3.63) is 0 Å². The number of hydrogen-bond donors (Lipinski definition) is 1. The number of urea groups is 1. The zero-order chi connectivity index (χ0) is 15.8. The van der Waals surface area contributed by atoms with Crippen molar-refractivity contribution in [2.75, 3.05) is 26.9 Å². The lowest BCUT2D eigenvalue weighted by atomic mass is 9.96. The fourth-order valence-electron chi connectivity index (χ4n) is 2.32. The molecule has 0 atom stereocenters. The lowest BCUT2D eigenvalue weighted by Crippen LogP contribution is -2.50. The van der Waals surface area contributed by atoms with E-state index in [1.165, 1.54) is 11.3 Å². The van der Waals surface area contributed by atoms with Crippen LogP contribution in [0.4, 0.5) is 9.59 Å². The number of guanidine groups is 1. The number of amides is 3.